The summed E-state index contributed by atoms with van der Waals surface area (Å²) in [6, 6.07) is 0. The third-order valence-corrected chi connectivity index (χ3v) is 3.63. The molecule has 2 rings (SSSR count). The first-order valence-corrected chi connectivity index (χ1v) is 5.83. The lowest BCUT2D eigenvalue weighted by Gasteiger charge is -2.06. The van der Waals surface area contributed by atoms with Crippen molar-refractivity contribution >= 4 is 15.9 Å². The van der Waals surface area contributed by atoms with Crippen molar-refractivity contribution in [3.63, 3.8) is 0 Å². The maximum atomic E-state index is 4.12. The van der Waals surface area contributed by atoms with Crippen LogP contribution in [-0.2, 0) is 6.42 Å². The summed E-state index contributed by atoms with van der Waals surface area (Å²) < 4.78 is 0.991. The second kappa shape index (κ2) is 4.27. The largest absolute Gasteiger partial charge is 0.348 e. The monoisotopic (exact) mass is 242 g/mol. The molecule has 0 bridgehead atoms. The van der Waals surface area contributed by atoms with Crippen LogP contribution in [0.2, 0.25) is 0 Å². The van der Waals surface area contributed by atoms with Crippen LogP contribution in [0.4, 0.5) is 0 Å². The maximum Gasteiger partial charge on any atom is 0.127 e. The molecule has 1 heterocycles. The van der Waals surface area contributed by atoms with Crippen LogP contribution in [0.5, 0.6) is 0 Å². The molecule has 1 fully saturated rings. The summed E-state index contributed by atoms with van der Waals surface area (Å²) in [5.74, 6) is 0.968. The zero-order valence-electron chi connectivity index (χ0n) is 7.72. The normalized spacial score (nSPS) is 18.2. The number of nitrogens with zero attached hydrogens (tertiary/aromatic N) is 1. The molecule has 1 N–H and O–H groups in total. The number of H-pyrrole nitrogens is 1. The molecule has 0 aliphatic heterocycles. The first kappa shape index (κ1) is 9.25. The molecule has 1 aliphatic carbocycles. The Hall–Kier alpha value is -0.310. The van der Waals surface area contributed by atoms with Crippen molar-refractivity contribution in [1.82, 2.24) is 9.97 Å². The van der Waals surface area contributed by atoms with Gasteiger partial charge in [0, 0.05) is 5.69 Å². The fraction of sp³-hybridized carbons (Fsp3) is 0.700. The van der Waals surface area contributed by atoms with Crippen LogP contribution in [-0.4, -0.2) is 9.97 Å². The Morgan fingerprint density at radius 1 is 1.46 bits per heavy atom. The number of hydrogen-bond acceptors (Lipinski definition) is 1. The van der Waals surface area contributed by atoms with Gasteiger partial charge >= 0.3 is 0 Å². The van der Waals surface area contributed by atoms with Crippen molar-refractivity contribution in [2.75, 3.05) is 0 Å². The molecule has 3 heteroatoms. The number of halogens is 1. The number of imidazole rings is 1. The molecule has 0 amide bonds. The second-order valence-electron chi connectivity index (χ2n) is 3.86. The zero-order valence-corrected chi connectivity index (χ0v) is 9.31. The molecule has 2 nitrogen and oxygen atoms in total. The Balaban J connectivity index is 1.82. The van der Waals surface area contributed by atoms with Gasteiger partial charge in [0.05, 0.1) is 6.33 Å². The summed E-state index contributed by atoms with van der Waals surface area (Å²) in [6.07, 6.45) is 9.97. The van der Waals surface area contributed by atoms with E-state index in [9.17, 15) is 0 Å². The van der Waals surface area contributed by atoms with E-state index in [0.717, 1.165) is 16.9 Å². The van der Waals surface area contributed by atoms with E-state index >= 15 is 0 Å². The maximum absolute atomic E-state index is 4.12. The predicted octanol–water partition coefficient (Wildman–Crippen LogP) is 3.30. The summed E-state index contributed by atoms with van der Waals surface area (Å²) in [7, 11) is 0. The first-order valence-electron chi connectivity index (χ1n) is 5.04. The molecule has 0 atom stereocenters. The molecule has 1 aromatic heterocycles. The van der Waals surface area contributed by atoms with Crippen LogP contribution in [0.15, 0.2) is 10.9 Å². The molecule has 1 saturated carbocycles. The SMILES string of the molecule is Brc1nc[nH]c1CCC1CCCC1. The van der Waals surface area contributed by atoms with Gasteiger partial charge in [0.15, 0.2) is 0 Å². The number of aromatic nitrogens is 2. The van der Waals surface area contributed by atoms with Crippen LogP contribution >= 0.6 is 15.9 Å². The summed E-state index contributed by atoms with van der Waals surface area (Å²) in [5, 5.41) is 0. The Kier molecular flexibility index (Phi) is 3.04. The van der Waals surface area contributed by atoms with Crippen molar-refractivity contribution < 1.29 is 0 Å². The average Bonchev–Trinajstić information content (AvgIpc) is 2.72. The van der Waals surface area contributed by atoms with Gasteiger partial charge in [-0.3, -0.25) is 0 Å². The molecule has 0 unspecified atom stereocenters. The summed E-state index contributed by atoms with van der Waals surface area (Å²) >= 11 is 3.43. The quantitative estimate of drug-likeness (QED) is 0.866. The van der Waals surface area contributed by atoms with Gasteiger partial charge in [0.25, 0.3) is 0 Å². The van der Waals surface area contributed by atoms with Gasteiger partial charge in [-0.2, -0.15) is 0 Å². The lowest BCUT2D eigenvalue weighted by atomic mass is 10.0. The van der Waals surface area contributed by atoms with Crippen molar-refractivity contribution in [2.45, 2.75) is 38.5 Å². The third-order valence-electron chi connectivity index (χ3n) is 2.94. The molecule has 1 aromatic rings. The van der Waals surface area contributed by atoms with Crippen molar-refractivity contribution in [3.05, 3.63) is 16.6 Å². The number of aryl methyl sites for hydroxylation is 1. The lowest BCUT2D eigenvalue weighted by molar-refractivity contribution is 0.501. The molecular weight excluding hydrogens is 228 g/mol. The number of aromatic amines is 1. The minimum atomic E-state index is 0.968. The van der Waals surface area contributed by atoms with E-state index in [1.54, 1.807) is 6.33 Å². The molecule has 72 valence electrons. The molecule has 0 spiro atoms. The topological polar surface area (TPSA) is 28.7 Å². The van der Waals surface area contributed by atoms with E-state index in [1.165, 1.54) is 37.8 Å². The van der Waals surface area contributed by atoms with Gasteiger partial charge in [0.1, 0.15) is 4.60 Å². The van der Waals surface area contributed by atoms with Crippen molar-refractivity contribution in [1.29, 1.82) is 0 Å². The van der Waals surface area contributed by atoms with Crippen molar-refractivity contribution in [2.24, 2.45) is 5.92 Å². The summed E-state index contributed by atoms with van der Waals surface area (Å²) in [5.41, 5.74) is 1.26. The highest BCUT2D eigenvalue weighted by atomic mass is 79.9. The van der Waals surface area contributed by atoms with E-state index in [2.05, 4.69) is 25.9 Å². The van der Waals surface area contributed by atoms with E-state index in [-0.39, 0.29) is 0 Å². The minimum absolute atomic E-state index is 0.968. The van der Waals surface area contributed by atoms with Crippen molar-refractivity contribution in [3.8, 4) is 0 Å². The summed E-state index contributed by atoms with van der Waals surface area (Å²) in [4.78, 5) is 7.29. The third kappa shape index (κ3) is 2.33. The lowest BCUT2D eigenvalue weighted by Crippen LogP contribution is -1.96. The van der Waals surface area contributed by atoms with E-state index in [0.29, 0.717) is 0 Å². The molecule has 0 aromatic carbocycles. The Labute approximate surface area is 87.3 Å². The predicted molar refractivity (Wildman–Crippen MR) is 56.6 cm³/mol. The highest BCUT2D eigenvalue weighted by molar-refractivity contribution is 9.10. The Morgan fingerprint density at radius 2 is 2.23 bits per heavy atom. The molecule has 0 radical (unpaired) electrons. The van der Waals surface area contributed by atoms with Crippen LogP contribution in [0.1, 0.15) is 37.8 Å². The second-order valence-corrected chi connectivity index (χ2v) is 4.61. The standard InChI is InChI=1S/C10H15BrN2/c11-10-9(12-7-13-10)6-5-8-3-1-2-4-8/h7-8H,1-6H2,(H,12,13). The van der Waals surface area contributed by atoms with Gasteiger partial charge in [-0.15, -0.1) is 0 Å². The molecule has 0 saturated heterocycles. The van der Waals surface area contributed by atoms with E-state index in [4.69, 9.17) is 0 Å². The van der Waals surface area contributed by atoms with E-state index in [1.807, 2.05) is 0 Å². The first-order chi connectivity index (χ1) is 6.36. The zero-order chi connectivity index (χ0) is 9.10. The molecule has 13 heavy (non-hydrogen) atoms. The highest BCUT2D eigenvalue weighted by Crippen LogP contribution is 2.29. The summed E-state index contributed by atoms with van der Waals surface area (Å²) in [6.45, 7) is 0. The molecule has 1 aliphatic rings. The van der Waals surface area contributed by atoms with E-state index < -0.39 is 0 Å². The minimum Gasteiger partial charge on any atom is -0.348 e. The fourth-order valence-corrected chi connectivity index (χ4v) is 2.54. The number of nitrogens with one attached hydrogen (secondary N) is 1. The molecular formula is C10H15BrN2. The van der Waals surface area contributed by atoms with Crippen LogP contribution in [0, 0.1) is 5.92 Å². The van der Waals surface area contributed by atoms with Gasteiger partial charge in [-0.1, -0.05) is 25.7 Å². The number of hydrogen-bond donors (Lipinski definition) is 1. The Morgan fingerprint density at radius 3 is 2.85 bits per heavy atom. The highest BCUT2D eigenvalue weighted by Gasteiger charge is 2.15. The fourth-order valence-electron chi connectivity index (χ4n) is 2.13. The van der Waals surface area contributed by atoms with Crippen LogP contribution < -0.4 is 0 Å². The van der Waals surface area contributed by atoms with Gasteiger partial charge in [-0.05, 0) is 34.7 Å². The average molecular weight is 243 g/mol. The number of rotatable bonds is 3. The van der Waals surface area contributed by atoms with Crippen LogP contribution in [0.3, 0.4) is 0 Å². The van der Waals surface area contributed by atoms with Gasteiger partial charge < -0.3 is 4.98 Å². The van der Waals surface area contributed by atoms with Crippen LogP contribution in [0.25, 0.3) is 0 Å². The smallest absolute Gasteiger partial charge is 0.127 e. The van der Waals surface area contributed by atoms with Gasteiger partial charge in [0.2, 0.25) is 0 Å². The Bertz CT molecular complexity index is 264. The van der Waals surface area contributed by atoms with Gasteiger partial charge in [-0.25, -0.2) is 4.98 Å².